The molecule has 1 heterocycles. The third-order valence-corrected chi connectivity index (χ3v) is 4.43. The van der Waals surface area contributed by atoms with Crippen molar-refractivity contribution in [3.8, 4) is 0 Å². The summed E-state index contributed by atoms with van der Waals surface area (Å²) < 4.78 is 0. The van der Waals surface area contributed by atoms with E-state index >= 15 is 0 Å². The number of hydrogen-bond donors (Lipinski definition) is 0. The van der Waals surface area contributed by atoms with Crippen LogP contribution in [-0.4, -0.2) is 40.7 Å². The molecular weight excluding hydrogens is 254 g/mol. The molecule has 0 aromatic rings. The van der Waals surface area contributed by atoms with Gasteiger partial charge < -0.3 is 9.90 Å². The van der Waals surface area contributed by atoms with Crippen molar-refractivity contribution in [3.63, 3.8) is 0 Å². The van der Waals surface area contributed by atoms with E-state index < -0.39 is 12.0 Å². The summed E-state index contributed by atoms with van der Waals surface area (Å²) in [6, 6.07) is -1.12. The quantitative estimate of drug-likeness (QED) is 0.652. The monoisotopic (exact) mass is 270 g/mol. The van der Waals surface area contributed by atoms with E-state index in [0.717, 1.165) is 17.7 Å². The number of hydrogen-bond acceptors (Lipinski definition) is 5. The van der Waals surface area contributed by atoms with Gasteiger partial charge in [-0.05, 0) is 19.1 Å². The Kier molecular flexibility index (Phi) is 3.94. The number of likely N-dealkylation sites (tertiary alicyclic amines) is 1. The number of carbonyl (C=O) groups excluding carboxylic acids is 3. The van der Waals surface area contributed by atoms with Gasteiger partial charge in [0.25, 0.3) is 0 Å². The molecule has 2 rings (SSSR count). The lowest BCUT2D eigenvalue weighted by Crippen LogP contribution is -2.52. The first kappa shape index (κ1) is 13.4. The molecule has 0 radical (unpaired) electrons. The summed E-state index contributed by atoms with van der Waals surface area (Å²) in [5.41, 5.74) is 0. The molecule has 0 bridgehead atoms. The molecule has 2 aliphatic rings. The second-order valence-electron chi connectivity index (χ2n) is 4.83. The molecule has 6 heteroatoms. The van der Waals surface area contributed by atoms with E-state index in [9.17, 15) is 19.5 Å². The predicted molar refractivity (Wildman–Crippen MR) is 64.5 cm³/mol. The second-order valence-corrected chi connectivity index (χ2v) is 5.74. The average Bonchev–Trinajstić information content (AvgIpc) is 2.60. The average molecular weight is 270 g/mol. The van der Waals surface area contributed by atoms with Gasteiger partial charge in [0.2, 0.25) is 11.8 Å². The zero-order valence-corrected chi connectivity index (χ0v) is 11.1. The van der Waals surface area contributed by atoms with Crippen LogP contribution in [0.3, 0.4) is 0 Å². The highest BCUT2D eigenvalue weighted by atomic mass is 32.2. The zero-order chi connectivity index (χ0) is 13.3. The lowest BCUT2D eigenvalue weighted by Gasteiger charge is -2.26. The number of amides is 2. The maximum absolute atomic E-state index is 12.2. The van der Waals surface area contributed by atoms with Gasteiger partial charge in [-0.2, -0.15) is 11.8 Å². The van der Waals surface area contributed by atoms with E-state index in [1.165, 1.54) is 11.8 Å². The Bertz CT molecular complexity index is 360. The lowest BCUT2D eigenvalue weighted by atomic mass is 9.81. The van der Waals surface area contributed by atoms with Crippen molar-refractivity contribution in [2.45, 2.75) is 31.7 Å². The van der Waals surface area contributed by atoms with Crippen LogP contribution < -0.4 is 5.11 Å². The highest BCUT2D eigenvalue weighted by molar-refractivity contribution is 7.98. The van der Waals surface area contributed by atoms with Crippen molar-refractivity contribution in [3.05, 3.63) is 0 Å². The Hall–Kier alpha value is -1.04. The van der Waals surface area contributed by atoms with Crippen LogP contribution in [0.15, 0.2) is 0 Å². The van der Waals surface area contributed by atoms with Crippen molar-refractivity contribution in [1.82, 2.24) is 4.90 Å². The number of aliphatic carboxylic acids is 1. The van der Waals surface area contributed by atoms with Crippen molar-refractivity contribution >= 4 is 29.5 Å². The molecule has 2 fully saturated rings. The summed E-state index contributed by atoms with van der Waals surface area (Å²) in [5, 5.41) is 11.1. The highest BCUT2D eigenvalue weighted by Gasteiger charge is 2.50. The van der Waals surface area contributed by atoms with Crippen molar-refractivity contribution in [1.29, 1.82) is 0 Å². The molecule has 18 heavy (non-hydrogen) atoms. The summed E-state index contributed by atoms with van der Waals surface area (Å²) in [7, 11) is 0. The molecular formula is C12H16NO4S-. The molecule has 0 aromatic carbocycles. The number of nitrogens with zero attached hydrogens (tertiary/aromatic N) is 1. The van der Waals surface area contributed by atoms with E-state index in [0.29, 0.717) is 12.8 Å². The molecule has 1 aliphatic carbocycles. The van der Waals surface area contributed by atoms with Crippen LogP contribution in [-0.2, 0) is 14.4 Å². The lowest BCUT2D eigenvalue weighted by molar-refractivity contribution is -0.310. The van der Waals surface area contributed by atoms with Gasteiger partial charge in [-0.1, -0.05) is 12.8 Å². The maximum atomic E-state index is 12.2. The third-order valence-electron chi connectivity index (χ3n) is 3.78. The third kappa shape index (κ3) is 2.13. The van der Waals surface area contributed by atoms with Crippen LogP contribution in [0.25, 0.3) is 0 Å². The molecule has 1 aliphatic heterocycles. The van der Waals surface area contributed by atoms with E-state index in [1.807, 2.05) is 0 Å². The molecule has 0 spiro atoms. The first-order chi connectivity index (χ1) is 8.57. The van der Waals surface area contributed by atoms with E-state index in [1.54, 1.807) is 6.26 Å². The van der Waals surface area contributed by atoms with Crippen LogP contribution >= 0.6 is 11.8 Å². The minimum absolute atomic E-state index is 0.194. The van der Waals surface area contributed by atoms with Crippen LogP contribution in [0.5, 0.6) is 0 Å². The minimum Gasteiger partial charge on any atom is -0.548 e. The van der Waals surface area contributed by atoms with Crippen LogP contribution in [0.1, 0.15) is 25.7 Å². The van der Waals surface area contributed by atoms with Crippen LogP contribution in [0.4, 0.5) is 0 Å². The Morgan fingerprint density at radius 2 is 1.83 bits per heavy atom. The second kappa shape index (κ2) is 5.30. The topological polar surface area (TPSA) is 77.5 Å². The summed E-state index contributed by atoms with van der Waals surface area (Å²) in [5.74, 6) is -2.37. The predicted octanol–water partition coefficient (Wildman–Crippen LogP) is -0.357. The first-order valence-electron chi connectivity index (χ1n) is 6.14. The number of carboxylic acid groups (broad SMARTS) is 1. The largest absolute Gasteiger partial charge is 0.548 e. The molecule has 0 unspecified atom stereocenters. The van der Waals surface area contributed by atoms with Crippen LogP contribution in [0.2, 0.25) is 0 Å². The standard InChI is InChI=1S/C12H17NO4S/c1-18-6-9(12(16)17)13-10(14)7-4-2-3-5-8(7)11(13)15/h7-9H,2-6H2,1H3,(H,16,17)/p-1/t7-,8+,9-/m1/s1. The number of fused-ring (bicyclic) bond motifs is 1. The smallest absolute Gasteiger partial charge is 0.233 e. The molecule has 3 atom stereocenters. The first-order valence-corrected chi connectivity index (χ1v) is 7.54. The fourth-order valence-corrected chi connectivity index (χ4v) is 3.50. The molecule has 5 nitrogen and oxygen atoms in total. The van der Waals surface area contributed by atoms with Gasteiger partial charge >= 0.3 is 0 Å². The number of imide groups is 1. The van der Waals surface area contributed by atoms with Crippen molar-refractivity contribution in [2.24, 2.45) is 11.8 Å². The molecule has 1 saturated carbocycles. The Morgan fingerprint density at radius 1 is 1.33 bits per heavy atom. The van der Waals surface area contributed by atoms with Gasteiger partial charge in [-0.25, -0.2) is 0 Å². The Balaban J connectivity index is 2.24. The van der Waals surface area contributed by atoms with E-state index in [4.69, 9.17) is 0 Å². The normalized spacial score (nSPS) is 29.3. The summed E-state index contributed by atoms with van der Waals surface area (Å²) in [6.45, 7) is 0. The fraction of sp³-hybridized carbons (Fsp3) is 0.750. The number of thioether (sulfide) groups is 1. The molecule has 2 amide bonds. The van der Waals surface area contributed by atoms with Gasteiger partial charge in [0, 0.05) is 5.75 Å². The summed E-state index contributed by atoms with van der Waals surface area (Å²) in [6.07, 6.45) is 5.02. The van der Waals surface area contributed by atoms with E-state index in [2.05, 4.69) is 0 Å². The number of carbonyl (C=O) groups is 3. The maximum Gasteiger partial charge on any atom is 0.233 e. The highest BCUT2D eigenvalue weighted by Crippen LogP contribution is 2.39. The van der Waals surface area contributed by atoms with Gasteiger partial charge in [0.05, 0.1) is 23.8 Å². The molecule has 1 saturated heterocycles. The summed E-state index contributed by atoms with van der Waals surface area (Å²) in [4.78, 5) is 36.4. The van der Waals surface area contributed by atoms with E-state index in [-0.39, 0.29) is 29.4 Å². The van der Waals surface area contributed by atoms with Gasteiger partial charge in [0.1, 0.15) is 0 Å². The van der Waals surface area contributed by atoms with Gasteiger partial charge in [-0.3, -0.25) is 14.5 Å². The SMILES string of the molecule is CSC[C@H](C(=O)[O-])N1C(=O)[C@H]2CCCC[C@H]2C1=O. The number of carboxylic acids is 1. The van der Waals surface area contributed by atoms with Crippen molar-refractivity contribution in [2.75, 3.05) is 12.0 Å². The van der Waals surface area contributed by atoms with Crippen molar-refractivity contribution < 1.29 is 19.5 Å². The van der Waals surface area contributed by atoms with Crippen LogP contribution in [0, 0.1) is 11.8 Å². The van der Waals surface area contributed by atoms with Gasteiger partial charge in [-0.15, -0.1) is 0 Å². The Labute approximate surface area is 110 Å². The molecule has 100 valence electrons. The summed E-state index contributed by atoms with van der Waals surface area (Å²) >= 11 is 1.30. The molecule has 0 N–H and O–H groups in total. The minimum atomic E-state index is -1.34. The van der Waals surface area contributed by atoms with Gasteiger partial charge in [0.15, 0.2) is 0 Å². The number of rotatable bonds is 4. The molecule has 0 aromatic heterocycles. The zero-order valence-electron chi connectivity index (χ0n) is 10.3. The Morgan fingerprint density at radius 3 is 2.22 bits per heavy atom. The fourth-order valence-electron chi connectivity index (χ4n) is 2.90.